The van der Waals surface area contributed by atoms with Crippen molar-refractivity contribution in [2.24, 2.45) is 0 Å². The molecule has 0 radical (unpaired) electrons. The van der Waals surface area contributed by atoms with Gasteiger partial charge in [-0.15, -0.1) is 0 Å². The van der Waals surface area contributed by atoms with Crippen LogP contribution in [0.2, 0.25) is 0 Å². The zero-order chi connectivity index (χ0) is 15.6. The summed E-state index contributed by atoms with van der Waals surface area (Å²) in [5.74, 6) is 0.879. The van der Waals surface area contributed by atoms with E-state index in [1.165, 1.54) is 0 Å². The van der Waals surface area contributed by atoms with Gasteiger partial charge in [-0.2, -0.15) is 0 Å². The van der Waals surface area contributed by atoms with Crippen LogP contribution in [0.5, 0.6) is 5.75 Å². The average Bonchev–Trinajstić information content (AvgIpc) is 2.80. The molecule has 2 aromatic rings. The van der Waals surface area contributed by atoms with E-state index in [9.17, 15) is 0 Å². The molecule has 21 heavy (non-hydrogen) atoms. The van der Waals surface area contributed by atoms with Gasteiger partial charge in [-0.05, 0) is 57.5 Å². The molecule has 1 aromatic carbocycles. The van der Waals surface area contributed by atoms with E-state index >= 15 is 0 Å². The highest BCUT2D eigenvalue weighted by Gasteiger charge is 2.29. The summed E-state index contributed by atoms with van der Waals surface area (Å²) < 4.78 is 9.00. The lowest BCUT2D eigenvalue weighted by Crippen LogP contribution is -2.31. The second-order valence-electron chi connectivity index (χ2n) is 5.87. The highest BCUT2D eigenvalue weighted by atomic mass is 32.1. The van der Waals surface area contributed by atoms with Gasteiger partial charge in [0.05, 0.1) is 11.6 Å². The second-order valence-corrected chi connectivity index (χ2v) is 6.25. The van der Waals surface area contributed by atoms with Gasteiger partial charge in [0, 0.05) is 5.54 Å². The van der Waals surface area contributed by atoms with Gasteiger partial charge in [0.2, 0.25) is 0 Å². The molecule has 3 nitrogen and oxygen atoms in total. The largest absolute Gasteiger partial charge is 0.489 e. The third-order valence-corrected chi connectivity index (χ3v) is 4.78. The van der Waals surface area contributed by atoms with Crippen LogP contribution in [0.15, 0.2) is 18.2 Å². The number of nitrogens with zero attached hydrogens (tertiary/aromatic N) is 1. The third-order valence-electron chi connectivity index (χ3n) is 4.49. The fraction of sp³-hybridized carbons (Fsp3) is 0.588. The Morgan fingerprint density at radius 3 is 2.33 bits per heavy atom. The van der Waals surface area contributed by atoms with E-state index < -0.39 is 0 Å². The Balaban J connectivity index is 2.72. The molecule has 0 bridgehead atoms. The number of ether oxygens (including phenoxy) is 1. The van der Waals surface area contributed by atoms with Crippen molar-refractivity contribution in [2.75, 3.05) is 0 Å². The molecular weight excluding hydrogens is 280 g/mol. The summed E-state index contributed by atoms with van der Waals surface area (Å²) in [5.41, 5.74) is 2.23. The summed E-state index contributed by atoms with van der Waals surface area (Å²) in [7, 11) is 0. The van der Waals surface area contributed by atoms with E-state index in [0.717, 1.165) is 40.8 Å². The van der Waals surface area contributed by atoms with E-state index in [0.29, 0.717) is 0 Å². The maximum atomic E-state index is 5.92. The normalized spacial score (nSPS) is 12.3. The monoisotopic (exact) mass is 306 g/mol. The number of fused-ring (bicyclic) bond motifs is 1. The van der Waals surface area contributed by atoms with Crippen LogP contribution in [-0.2, 0) is 5.54 Å². The maximum Gasteiger partial charge on any atom is 0.178 e. The molecule has 0 amide bonds. The van der Waals surface area contributed by atoms with Gasteiger partial charge >= 0.3 is 0 Å². The number of aromatic amines is 1. The summed E-state index contributed by atoms with van der Waals surface area (Å²) in [6, 6.07) is 6.18. The second kappa shape index (κ2) is 6.22. The molecule has 1 heterocycles. The number of para-hydroxylation sites is 1. The molecule has 0 unspecified atom stereocenters. The number of rotatable bonds is 6. The van der Waals surface area contributed by atoms with Gasteiger partial charge < -0.3 is 14.3 Å². The number of benzene rings is 1. The Labute approximate surface area is 132 Å². The van der Waals surface area contributed by atoms with Crippen LogP contribution in [-0.4, -0.2) is 15.7 Å². The van der Waals surface area contributed by atoms with E-state index in [1.807, 2.05) is 26.0 Å². The summed E-state index contributed by atoms with van der Waals surface area (Å²) in [6.45, 7) is 10.8. The zero-order valence-electron chi connectivity index (χ0n) is 13.7. The fourth-order valence-electron chi connectivity index (χ4n) is 3.15. The molecule has 0 saturated heterocycles. The Bertz CT molecular complexity index is 657. The Hall–Kier alpha value is -1.29. The van der Waals surface area contributed by atoms with Crippen LogP contribution < -0.4 is 4.74 Å². The molecule has 2 rings (SSSR count). The predicted molar refractivity (Wildman–Crippen MR) is 91.7 cm³/mol. The quantitative estimate of drug-likeness (QED) is 0.723. The lowest BCUT2D eigenvalue weighted by atomic mass is 9.89. The molecule has 0 saturated carbocycles. The minimum atomic E-state index is 0.0752. The van der Waals surface area contributed by atoms with Gasteiger partial charge in [0.1, 0.15) is 11.3 Å². The van der Waals surface area contributed by atoms with E-state index in [2.05, 4.69) is 36.4 Å². The number of aromatic nitrogens is 2. The molecule has 116 valence electrons. The summed E-state index contributed by atoms with van der Waals surface area (Å²) in [6.07, 6.45) is 3.35. The van der Waals surface area contributed by atoms with Crippen LogP contribution in [0.25, 0.3) is 11.0 Å². The highest BCUT2D eigenvalue weighted by Crippen LogP contribution is 2.35. The van der Waals surface area contributed by atoms with Gasteiger partial charge in [-0.3, -0.25) is 0 Å². The predicted octanol–water partition coefficient (Wildman–Crippen LogP) is 5.41. The van der Waals surface area contributed by atoms with Gasteiger partial charge in [-0.25, -0.2) is 0 Å². The molecule has 1 aromatic heterocycles. The van der Waals surface area contributed by atoms with Gasteiger partial charge in [0.25, 0.3) is 0 Å². The van der Waals surface area contributed by atoms with Crippen LogP contribution in [0, 0.1) is 4.77 Å². The van der Waals surface area contributed by atoms with Crippen molar-refractivity contribution in [3.63, 3.8) is 0 Å². The third kappa shape index (κ3) is 2.73. The van der Waals surface area contributed by atoms with Crippen molar-refractivity contribution >= 4 is 23.3 Å². The lowest BCUT2D eigenvalue weighted by Gasteiger charge is -2.33. The number of hydrogen-bond acceptors (Lipinski definition) is 2. The van der Waals surface area contributed by atoms with Crippen LogP contribution in [0.3, 0.4) is 0 Å². The zero-order valence-corrected chi connectivity index (χ0v) is 14.5. The van der Waals surface area contributed by atoms with Crippen molar-refractivity contribution in [3.05, 3.63) is 23.0 Å². The topological polar surface area (TPSA) is 29.9 Å². The van der Waals surface area contributed by atoms with Crippen molar-refractivity contribution in [3.8, 4) is 5.75 Å². The van der Waals surface area contributed by atoms with E-state index in [-0.39, 0.29) is 11.6 Å². The van der Waals surface area contributed by atoms with E-state index in [1.54, 1.807) is 0 Å². The van der Waals surface area contributed by atoms with E-state index in [4.69, 9.17) is 17.0 Å². The number of H-pyrrole nitrogens is 1. The maximum absolute atomic E-state index is 5.92. The average molecular weight is 306 g/mol. The highest BCUT2D eigenvalue weighted by molar-refractivity contribution is 7.71. The first-order valence-electron chi connectivity index (χ1n) is 7.90. The first-order chi connectivity index (χ1) is 9.99. The van der Waals surface area contributed by atoms with Crippen molar-refractivity contribution in [2.45, 2.75) is 65.5 Å². The van der Waals surface area contributed by atoms with Crippen molar-refractivity contribution < 1.29 is 4.74 Å². The minimum Gasteiger partial charge on any atom is -0.489 e. The molecule has 0 aliphatic carbocycles. The van der Waals surface area contributed by atoms with Crippen LogP contribution in [0.4, 0.5) is 0 Å². The first kappa shape index (κ1) is 16.1. The number of imidazole rings is 1. The molecular formula is C17H26N2OS. The fourth-order valence-corrected chi connectivity index (χ4v) is 3.55. The van der Waals surface area contributed by atoms with Crippen molar-refractivity contribution in [1.29, 1.82) is 0 Å². The molecule has 1 N–H and O–H groups in total. The first-order valence-corrected chi connectivity index (χ1v) is 8.30. The standard InChI is InChI=1S/C17H26N2OS/c1-6-17(7-2,8-3)19-13-10-9-11-14(20-12(4)5)15(13)18-16(19)21/h9-12H,6-8H2,1-5H3,(H,18,21). The molecule has 0 aliphatic heterocycles. The molecule has 0 spiro atoms. The molecule has 0 atom stereocenters. The Morgan fingerprint density at radius 2 is 1.81 bits per heavy atom. The van der Waals surface area contributed by atoms with Gasteiger partial charge in [-0.1, -0.05) is 26.8 Å². The minimum absolute atomic E-state index is 0.0752. The molecule has 4 heteroatoms. The summed E-state index contributed by atoms with van der Waals surface area (Å²) >= 11 is 5.63. The van der Waals surface area contributed by atoms with Crippen molar-refractivity contribution in [1.82, 2.24) is 9.55 Å². The molecule has 0 aliphatic rings. The van der Waals surface area contributed by atoms with Crippen LogP contribution >= 0.6 is 12.2 Å². The lowest BCUT2D eigenvalue weighted by molar-refractivity contribution is 0.245. The van der Waals surface area contributed by atoms with Gasteiger partial charge in [0.15, 0.2) is 4.77 Å². The van der Waals surface area contributed by atoms with Crippen LogP contribution in [0.1, 0.15) is 53.9 Å². The summed E-state index contributed by atoms with van der Waals surface area (Å²) in [5, 5.41) is 0. The molecule has 0 fully saturated rings. The summed E-state index contributed by atoms with van der Waals surface area (Å²) in [4.78, 5) is 3.36. The Morgan fingerprint density at radius 1 is 1.19 bits per heavy atom. The number of nitrogens with one attached hydrogen (secondary N) is 1. The Kier molecular flexibility index (Phi) is 4.77. The SMILES string of the molecule is CCC(CC)(CC)n1c(=S)[nH]c2c(OC(C)C)cccc21. The number of hydrogen-bond donors (Lipinski definition) is 1. The smallest absolute Gasteiger partial charge is 0.178 e.